The molecule has 1 saturated heterocycles. The fourth-order valence-electron chi connectivity index (χ4n) is 3.92. The third kappa shape index (κ3) is 3.66. The Morgan fingerprint density at radius 1 is 1.23 bits per heavy atom. The predicted octanol–water partition coefficient (Wildman–Crippen LogP) is 4.62. The molecule has 0 bridgehead atoms. The lowest BCUT2D eigenvalue weighted by molar-refractivity contribution is 0.00873. The second-order valence-electron chi connectivity index (χ2n) is 9.15. The number of aromatic nitrogens is 4. The molecule has 1 aromatic carbocycles. The molecular formula is C22H26FN5O3. The van der Waals surface area contributed by atoms with E-state index in [1.165, 1.54) is 0 Å². The molecule has 3 heterocycles. The van der Waals surface area contributed by atoms with Gasteiger partial charge in [0.25, 0.3) is 5.89 Å². The summed E-state index contributed by atoms with van der Waals surface area (Å²) in [6.45, 7) is 6.54. The number of carbonyl (C=O) groups is 1. The lowest BCUT2D eigenvalue weighted by Gasteiger charge is -2.34. The Kier molecular flexibility index (Phi) is 4.53. The van der Waals surface area contributed by atoms with Crippen molar-refractivity contribution in [3.05, 3.63) is 30.3 Å². The fraction of sp³-hybridized carbons (Fsp3) is 0.545. The number of likely N-dealkylation sites (tertiary alicyclic amines) is 1. The van der Waals surface area contributed by atoms with Crippen LogP contribution < -0.4 is 0 Å². The number of piperidine rings is 1. The number of nitrogens with zero attached hydrogens (tertiary/aromatic N) is 5. The summed E-state index contributed by atoms with van der Waals surface area (Å²) in [5, 5.41) is 9.46. The lowest BCUT2D eigenvalue weighted by atomic mass is 9.93. The molecule has 2 fully saturated rings. The Bertz CT molecular complexity index is 1130. The minimum absolute atomic E-state index is 0.0397. The molecule has 1 aliphatic carbocycles. The van der Waals surface area contributed by atoms with Crippen molar-refractivity contribution in [1.29, 1.82) is 0 Å². The van der Waals surface area contributed by atoms with Gasteiger partial charge in [-0.1, -0.05) is 17.3 Å². The van der Waals surface area contributed by atoms with E-state index in [9.17, 15) is 4.79 Å². The summed E-state index contributed by atoms with van der Waals surface area (Å²) in [6, 6.07) is 5.98. The standard InChI is InChI=1S/C22H26FN5O3/c1-14(2)28-17-12-15(4-5-16(17)13-24-28)18-25-19(31-26-18)22(23)8-10-27(11-9-22)20(29)30-21(3)6-7-21/h4-5,12-14H,6-11H2,1-3H3. The molecule has 2 aliphatic rings. The van der Waals surface area contributed by atoms with Gasteiger partial charge in [-0.3, -0.25) is 4.68 Å². The number of carbonyl (C=O) groups excluding carboxylic acids is 1. The maximum absolute atomic E-state index is 15.6. The van der Waals surface area contributed by atoms with Crippen LogP contribution in [0.5, 0.6) is 0 Å². The number of alkyl halides is 1. The first-order valence-corrected chi connectivity index (χ1v) is 10.8. The molecule has 0 atom stereocenters. The molecule has 0 unspecified atom stereocenters. The SMILES string of the molecule is CC(C)n1ncc2ccc(-c3noc(C4(F)CCN(C(=O)OC5(C)CC5)CC4)n3)cc21. The number of fused-ring (bicyclic) bond motifs is 1. The molecule has 31 heavy (non-hydrogen) atoms. The Morgan fingerprint density at radius 2 is 1.97 bits per heavy atom. The van der Waals surface area contributed by atoms with Crippen LogP contribution in [0.3, 0.4) is 0 Å². The number of hydrogen-bond acceptors (Lipinski definition) is 6. The molecule has 5 rings (SSSR count). The van der Waals surface area contributed by atoms with Gasteiger partial charge in [0.1, 0.15) is 5.60 Å². The number of amides is 1. The highest BCUT2D eigenvalue weighted by Gasteiger charge is 2.46. The summed E-state index contributed by atoms with van der Waals surface area (Å²) < 4.78 is 28.3. The van der Waals surface area contributed by atoms with Crippen LogP contribution in [0, 0.1) is 0 Å². The highest BCUT2D eigenvalue weighted by Crippen LogP contribution is 2.41. The van der Waals surface area contributed by atoms with Gasteiger partial charge < -0.3 is 14.2 Å². The van der Waals surface area contributed by atoms with Crippen LogP contribution in [0.2, 0.25) is 0 Å². The summed E-state index contributed by atoms with van der Waals surface area (Å²) in [5.74, 6) is 0.302. The summed E-state index contributed by atoms with van der Waals surface area (Å²) in [5.41, 5.74) is -0.387. The molecular weight excluding hydrogens is 401 g/mol. The number of ether oxygens (including phenoxy) is 1. The highest BCUT2D eigenvalue weighted by molar-refractivity contribution is 5.83. The van der Waals surface area contributed by atoms with E-state index < -0.39 is 5.67 Å². The average molecular weight is 427 g/mol. The topological polar surface area (TPSA) is 86.3 Å². The second kappa shape index (κ2) is 7.03. The van der Waals surface area contributed by atoms with E-state index in [1.54, 1.807) is 4.90 Å². The number of rotatable bonds is 4. The maximum atomic E-state index is 15.6. The van der Waals surface area contributed by atoms with Crippen molar-refractivity contribution in [1.82, 2.24) is 24.8 Å². The summed E-state index contributed by atoms with van der Waals surface area (Å²) in [7, 11) is 0. The van der Waals surface area contributed by atoms with Gasteiger partial charge >= 0.3 is 6.09 Å². The monoisotopic (exact) mass is 427 g/mol. The van der Waals surface area contributed by atoms with E-state index in [4.69, 9.17) is 9.26 Å². The van der Waals surface area contributed by atoms with E-state index in [-0.39, 0.29) is 49.6 Å². The molecule has 1 saturated carbocycles. The van der Waals surface area contributed by atoms with Gasteiger partial charge in [0, 0.05) is 42.9 Å². The zero-order valence-corrected chi connectivity index (χ0v) is 18.0. The smallest absolute Gasteiger partial charge is 0.410 e. The van der Waals surface area contributed by atoms with Gasteiger partial charge in [0.15, 0.2) is 5.67 Å². The number of halogens is 1. The van der Waals surface area contributed by atoms with Crippen LogP contribution in [-0.4, -0.2) is 49.6 Å². The molecule has 0 radical (unpaired) electrons. The Balaban J connectivity index is 1.32. The van der Waals surface area contributed by atoms with Crippen molar-refractivity contribution in [3.8, 4) is 11.4 Å². The molecule has 3 aromatic rings. The average Bonchev–Trinajstić information content (AvgIpc) is 3.14. The minimum atomic E-state index is -1.75. The fourth-order valence-corrected chi connectivity index (χ4v) is 3.92. The van der Waals surface area contributed by atoms with Crippen LogP contribution >= 0.6 is 0 Å². The Labute approximate surface area is 179 Å². The third-order valence-electron chi connectivity index (χ3n) is 6.26. The van der Waals surface area contributed by atoms with Gasteiger partial charge in [0.2, 0.25) is 5.82 Å². The third-order valence-corrected chi connectivity index (χ3v) is 6.26. The predicted molar refractivity (Wildman–Crippen MR) is 111 cm³/mol. The number of hydrogen-bond donors (Lipinski definition) is 0. The number of benzene rings is 1. The van der Waals surface area contributed by atoms with E-state index in [2.05, 4.69) is 29.1 Å². The minimum Gasteiger partial charge on any atom is -0.443 e. The van der Waals surface area contributed by atoms with Crippen molar-refractivity contribution in [3.63, 3.8) is 0 Å². The first-order valence-electron chi connectivity index (χ1n) is 10.8. The molecule has 164 valence electrons. The van der Waals surface area contributed by atoms with Crippen LogP contribution in [0.4, 0.5) is 9.18 Å². The van der Waals surface area contributed by atoms with Crippen LogP contribution in [0.25, 0.3) is 22.3 Å². The zero-order chi connectivity index (χ0) is 21.8. The van der Waals surface area contributed by atoms with Crippen LogP contribution in [0.1, 0.15) is 58.4 Å². The second-order valence-corrected chi connectivity index (χ2v) is 9.15. The molecule has 2 aromatic heterocycles. The highest BCUT2D eigenvalue weighted by atomic mass is 19.1. The first kappa shape index (κ1) is 20.0. The van der Waals surface area contributed by atoms with E-state index in [0.29, 0.717) is 5.82 Å². The van der Waals surface area contributed by atoms with Gasteiger partial charge in [0.05, 0.1) is 11.7 Å². The maximum Gasteiger partial charge on any atom is 0.410 e. The van der Waals surface area contributed by atoms with Crippen LogP contribution in [-0.2, 0) is 10.4 Å². The van der Waals surface area contributed by atoms with Gasteiger partial charge in [-0.15, -0.1) is 0 Å². The van der Waals surface area contributed by atoms with Crippen molar-refractivity contribution >= 4 is 17.0 Å². The van der Waals surface area contributed by atoms with E-state index in [0.717, 1.165) is 29.3 Å². The van der Waals surface area contributed by atoms with E-state index >= 15 is 4.39 Å². The summed E-state index contributed by atoms with van der Waals surface area (Å²) in [4.78, 5) is 18.2. The van der Waals surface area contributed by atoms with Gasteiger partial charge in [-0.05, 0) is 39.7 Å². The quantitative estimate of drug-likeness (QED) is 0.604. The first-order chi connectivity index (χ1) is 14.8. The van der Waals surface area contributed by atoms with Gasteiger partial charge in [-0.2, -0.15) is 10.1 Å². The zero-order valence-electron chi connectivity index (χ0n) is 18.0. The molecule has 9 heteroatoms. The molecule has 0 N–H and O–H groups in total. The lowest BCUT2D eigenvalue weighted by Crippen LogP contribution is -2.44. The summed E-state index contributed by atoms with van der Waals surface area (Å²) >= 11 is 0. The van der Waals surface area contributed by atoms with Crippen molar-refractivity contribution < 1.29 is 18.4 Å². The summed E-state index contributed by atoms with van der Waals surface area (Å²) in [6.07, 6.45) is 3.41. The van der Waals surface area contributed by atoms with Crippen molar-refractivity contribution in [2.75, 3.05) is 13.1 Å². The largest absolute Gasteiger partial charge is 0.443 e. The van der Waals surface area contributed by atoms with Crippen molar-refractivity contribution in [2.24, 2.45) is 0 Å². The molecule has 1 aliphatic heterocycles. The molecule has 0 spiro atoms. The Morgan fingerprint density at radius 3 is 2.65 bits per heavy atom. The van der Waals surface area contributed by atoms with Crippen LogP contribution in [0.15, 0.2) is 28.9 Å². The van der Waals surface area contributed by atoms with Gasteiger partial charge in [-0.25, -0.2) is 9.18 Å². The van der Waals surface area contributed by atoms with Crippen molar-refractivity contribution in [2.45, 2.75) is 63.8 Å². The normalized spacial score (nSPS) is 19.7. The molecule has 8 nitrogen and oxygen atoms in total. The van der Waals surface area contributed by atoms with E-state index in [1.807, 2.05) is 36.0 Å². The molecule has 1 amide bonds. The Hall–Kier alpha value is -2.97.